The molecule has 6 aromatic heterocycles. The second-order valence-electron chi connectivity index (χ2n) is 24.2. The zero-order chi connectivity index (χ0) is 60.8. The Kier molecular flexibility index (Phi) is 11.0. The van der Waals surface area contributed by atoms with Gasteiger partial charge in [-0.2, -0.15) is 0 Å². The van der Waals surface area contributed by atoms with Crippen LogP contribution in [0.1, 0.15) is 0 Å². The van der Waals surface area contributed by atoms with Crippen LogP contribution in [0.2, 0.25) is 0 Å². The SMILES string of the molecule is c1ccc(N(c2ccccc2)c2ccc3c(c2)c2ccccc2n3-c2c(-n3c4ccccc4c4ccccc43)c(-n3c4ccccc4c4ccccc43)c(-n3cnc4ccccc43)c(-n3c4ccccc4c4ccccc43)c2-n2c3ccccc3c3ccccc32)cc1. The van der Waals surface area contributed by atoms with Crippen molar-refractivity contribution in [3.8, 4) is 34.1 Å². The number of nitrogens with zero attached hydrogens (tertiary/aromatic N) is 8. The summed E-state index contributed by atoms with van der Waals surface area (Å²) in [6.07, 6.45) is 2.08. The Hall–Kier alpha value is -12.7. The van der Waals surface area contributed by atoms with Crippen molar-refractivity contribution < 1.29 is 0 Å². The number of fused-ring (bicyclic) bond motifs is 16. The van der Waals surface area contributed by atoms with Gasteiger partial charge in [0.2, 0.25) is 0 Å². The van der Waals surface area contributed by atoms with Crippen LogP contribution in [0.5, 0.6) is 0 Å². The van der Waals surface area contributed by atoms with Gasteiger partial charge >= 0.3 is 0 Å². The van der Waals surface area contributed by atoms with Crippen LogP contribution in [0.25, 0.3) is 154 Å². The predicted octanol–water partition coefficient (Wildman–Crippen LogP) is 22.0. The van der Waals surface area contributed by atoms with E-state index < -0.39 is 0 Å². The zero-order valence-corrected chi connectivity index (χ0v) is 50.3. The van der Waals surface area contributed by atoms with Gasteiger partial charge in [-0.05, 0) is 109 Å². The van der Waals surface area contributed by atoms with Crippen LogP contribution in [0.15, 0.2) is 328 Å². The lowest BCUT2D eigenvalue weighted by molar-refractivity contribution is 0.957. The molecule has 6 heterocycles. The van der Waals surface area contributed by atoms with Gasteiger partial charge in [0.15, 0.2) is 0 Å². The molecule has 0 radical (unpaired) electrons. The maximum atomic E-state index is 5.42. The monoisotopic (exact) mass is 1190 g/mol. The summed E-state index contributed by atoms with van der Waals surface area (Å²) in [6, 6.07) is 118. The molecule has 0 unspecified atom stereocenters. The molecule has 8 nitrogen and oxygen atoms in total. The van der Waals surface area contributed by atoms with Gasteiger partial charge in [0.1, 0.15) is 6.33 Å². The first-order chi connectivity index (χ1) is 46.2. The molecule has 8 heteroatoms. The third kappa shape index (κ3) is 7.28. The van der Waals surface area contributed by atoms with E-state index >= 15 is 0 Å². The minimum absolute atomic E-state index is 0.887. The van der Waals surface area contributed by atoms with E-state index in [-0.39, 0.29) is 0 Å². The van der Waals surface area contributed by atoms with Crippen LogP contribution in [0, 0.1) is 0 Å². The largest absolute Gasteiger partial charge is 0.310 e. The summed E-state index contributed by atoms with van der Waals surface area (Å²) in [5, 5.41) is 11.5. The third-order valence-corrected chi connectivity index (χ3v) is 19.4. The average molecular weight is 1190 g/mol. The molecule has 0 saturated carbocycles. The highest BCUT2D eigenvalue weighted by molar-refractivity contribution is 6.19. The van der Waals surface area contributed by atoms with Crippen molar-refractivity contribution in [3.63, 3.8) is 0 Å². The molecule has 0 atom stereocenters. The minimum Gasteiger partial charge on any atom is -0.310 e. The summed E-state index contributed by atoms with van der Waals surface area (Å²) in [4.78, 5) is 7.79. The number of rotatable bonds is 9. The molecule has 0 aliphatic rings. The van der Waals surface area contributed by atoms with Crippen molar-refractivity contribution in [1.29, 1.82) is 0 Å². The topological polar surface area (TPSA) is 45.7 Å². The fraction of sp³-hybridized carbons (Fsp3) is 0. The molecule has 0 bridgehead atoms. The summed E-state index contributed by atoms with van der Waals surface area (Å²) < 4.78 is 15.4. The van der Waals surface area contributed by atoms with E-state index in [1.54, 1.807) is 0 Å². The van der Waals surface area contributed by atoms with Crippen LogP contribution in [-0.4, -0.2) is 32.4 Å². The number of hydrogen-bond donors (Lipinski definition) is 0. The molecule has 0 aliphatic heterocycles. The summed E-state index contributed by atoms with van der Waals surface area (Å²) in [5.74, 6) is 0. The molecule has 14 aromatic carbocycles. The van der Waals surface area contributed by atoms with Gasteiger partial charge in [-0.15, -0.1) is 0 Å². The maximum absolute atomic E-state index is 5.42. The van der Waals surface area contributed by atoms with E-state index in [4.69, 9.17) is 4.98 Å². The van der Waals surface area contributed by atoms with E-state index in [0.717, 1.165) is 171 Å². The van der Waals surface area contributed by atoms with Crippen molar-refractivity contribution in [2.45, 2.75) is 0 Å². The van der Waals surface area contributed by atoms with Crippen LogP contribution < -0.4 is 4.90 Å². The molecular formula is C85H54N8. The van der Waals surface area contributed by atoms with E-state index in [1.807, 2.05) is 0 Å². The van der Waals surface area contributed by atoms with E-state index in [1.165, 1.54) is 0 Å². The fourth-order valence-corrected chi connectivity index (χ4v) is 15.7. The molecule has 0 amide bonds. The van der Waals surface area contributed by atoms with Crippen LogP contribution in [-0.2, 0) is 0 Å². The molecule has 0 fully saturated rings. The second-order valence-corrected chi connectivity index (χ2v) is 24.2. The molecule has 0 spiro atoms. The van der Waals surface area contributed by atoms with Crippen LogP contribution >= 0.6 is 0 Å². The molecule has 20 aromatic rings. The molecule has 0 aliphatic carbocycles. The standard InChI is InChI=1S/C85H54N8/c1-3-27-55(28-4-1)88(56-29-5-2-6-30-56)57-51-52-78-67(53-57)66-39-15-25-49-77(66)93(78)85-83(91-73-45-21-11-35-62(73)63-36-12-22-46-74(63)91)81(89-69-41-17-7-31-58(69)59-32-8-18-42-70(59)89)80(87-54-86-68-40-16-26-50-79(68)87)82(90-71-43-19-9-33-60(71)61-34-10-20-44-72(61)90)84(85)92-75-47-23-13-37-64(75)65-38-14-24-48-76(65)92/h1-54H. The number of anilines is 3. The molecule has 434 valence electrons. The van der Waals surface area contributed by atoms with Crippen molar-refractivity contribution in [1.82, 2.24) is 32.4 Å². The van der Waals surface area contributed by atoms with E-state index in [2.05, 4.69) is 360 Å². The van der Waals surface area contributed by atoms with Crippen LogP contribution in [0.3, 0.4) is 0 Å². The summed E-state index contributed by atoms with van der Waals surface area (Å²) in [6.45, 7) is 0. The molecular weight excluding hydrogens is 1130 g/mol. The Morgan fingerprint density at radius 2 is 0.441 bits per heavy atom. The quantitative estimate of drug-likeness (QED) is 0.145. The fourth-order valence-electron chi connectivity index (χ4n) is 15.7. The van der Waals surface area contributed by atoms with Gasteiger partial charge in [-0.1, -0.05) is 212 Å². The van der Waals surface area contributed by atoms with Crippen LogP contribution in [0.4, 0.5) is 17.1 Å². The normalized spacial score (nSPS) is 12.1. The summed E-state index contributed by atoms with van der Waals surface area (Å²) in [7, 11) is 0. The summed E-state index contributed by atoms with van der Waals surface area (Å²) in [5.41, 5.74) is 21.6. The number of benzene rings is 14. The lowest BCUT2D eigenvalue weighted by atomic mass is 10.0. The number of aromatic nitrogens is 7. The molecule has 0 saturated heterocycles. The van der Waals surface area contributed by atoms with E-state index in [0.29, 0.717) is 0 Å². The first kappa shape index (κ1) is 51.3. The first-order valence-corrected chi connectivity index (χ1v) is 31.8. The smallest absolute Gasteiger partial charge is 0.101 e. The lowest BCUT2D eigenvalue weighted by Crippen LogP contribution is -2.20. The molecule has 93 heavy (non-hydrogen) atoms. The van der Waals surface area contributed by atoms with E-state index in [9.17, 15) is 0 Å². The first-order valence-electron chi connectivity index (χ1n) is 31.8. The number of hydrogen-bond acceptors (Lipinski definition) is 2. The van der Waals surface area contributed by atoms with Gasteiger partial charge in [0.05, 0.1) is 100 Å². The maximum Gasteiger partial charge on any atom is 0.101 e. The van der Waals surface area contributed by atoms with Gasteiger partial charge < -0.3 is 27.7 Å². The lowest BCUT2D eigenvalue weighted by Gasteiger charge is -2.32. The predicted molar refractivity (Wildman–Crippen MR) is 387 cm³/mol. The van der Waals surface area contributed by atoms with Crippen molar-refractivity contribution in [2.75, 3.05) is 4.90 Å². The second kappa shape index (κ2) is 19.9. The highest BCUT2D eigenvalue weighted by Crippen LogP contribution is 2.54. The Morgan fingerprint density at radius 1 is 0.194 bits per heavy atom. The Morgan fingerprint density at radius 3 is 0.763 bits per heavy atom. The zero-order valence-electron chi connectivity index (χ0n) is 50.3. The summed E-state index contributed by atoms with van der Waals surface area (Å²) >= 11 is 0. The average Bonchev–Trinajstić information content (AvgIpc) is 1.73. The number of imidazole rings is 1. The Bertz CT molecular complexity index is 5940. The van der Waals surface area contributed by atoms with Crippen molar-refractivity contribution in [3.05, 3.63) is 328 Å². The highest BCUT2D eigenvalue weighted by Gasteiger charge is 2.37. The van der Waals surface area contributed by atoms with Gasteiger partial charge in [0.25, 0.3) is 0 Å². The van der Waals surface area contributed by atoms with Crippen molar-refractivity contribution >= 4 is 137 Å². The van der Waals surface area contributed by atoms with Gasteiger partial charge in [0, 0.05) is 70.9 Å². The third-order valence-electron chi connectivity index (χ3n) is 19.4. The molecule has 20 rings (SSSR count). The van der Waals surface area contributed by atoms with Crippen molar-refractivity contribution in [2.24, 2.45) is 0 Å². The Labute approximate surface area is 533 Å². The van der Waals surface area contributed by atoms with Gasteiger partial charge in [-0.3, -0.25) is 4.57 Å². The number of para-hydroxylation sites is 13. The minimum atomic E-state index is 0.887. The molecule has 0 N–H and O–H groups in total. The Balaban J connectivity index is 1.13. The van der Waals surface area contributed by atoms with Gasteiger partial charge in [-0.25, -0.2) is 4.98 Å². The highest BCUT2D eigenvalue weighted by atomic mass is 15.2.